The average molecular weight is 824 g/mol. The standard InChI is InChI=1S/C48H61N3O9/c1-5-9-28-56-47(55)51(32-35-20-16-19-33-17-10-11-21-37(33)35)43-31-41(50-58-8-4)39-29-34(18-12-14-25-52)38(22-13-15-26-53)44-40-30-36(59-46(54)49-7-3)23-24-42(40)60-48(43,45(39)44)57-27-6-2/h5-6,10-11,16-17,19-21,23-24,29-30,34,38,43-45,52-53H,1-2,7-9,12-15,18,22,25-28,31-32H2,3-4H3,(H,49,54)/t34-,38+,43-,44+,45+,48+/m0/s1. The summed E-state index contributed by atoms with van der Waals surface area (Å²) >= 11 is 0. The van der Waals surface area contributed by atoms with Gasteiger partial charge in [0.2, 0.25) is 5.79 Å². The lowest BCUT2D eigenvalue weighted by atomic mass is 9.55. The van der Waals surface area contributed by atoms with Gasteiger partial charge in [0.05, 0.1) is 31.4 Å². The van der Waals surface area contributed by atoms with Crippen molar-refractivity contribution >= 4 is 28.7 Å². The Morgan fingerprint density at radius 1 is 1.00 bits per heavy atom. The van der Waals surface area contributed by atoms with Gasteiger partial charge in [-0.2, -0.15) is 0 Å². The normalized spacial score (nSPS) is 23.4. The third-order valence-corrected chi connectivity index (χ3v) is 11.9. The Hall–Kier alpha value is -5.17. The summed E-state index contributed by atoms with van der Waals surface area (Å²) in [4.78, 5) is 35.1. The van der Waals surface area contributed by atoms with Crippen molar-refractivity contribution in [3.63, 3.8) is 0 Å². The molecule has 0 radical (unpaired) electrons. The third-order valence-electron chi connectivity index (χ3n) is 11.9. The number of carbonyl (C=O) groups excluding carboxylic acids is 2. The summed E-state index contributed by atoms with van der Waals surface area (Å²) in [5.41, 5.74) is 3.36. The van der Waals surface area contributed by atoms with Gasteiger partial charge in [0.1, 0.15) is 24.1 Å². The van der Waals surface area contributed by atoms with Crippen molar-refractivity contribution in [3.05, 3.63) is 109 Å². The molecule has 0 bridgehead atoms. The molecule has 6 rings (SSSR count). The lowest BCUT2D eigenvalue weighted by molar-refractivity contribution is -0.256. The van der Waals surface area contributed by atoms with Crippen LogP contribution >= 0.6 is 0 Å². The first-order chi connectivity index (χ1) is 29.3. The Bertz CT molecular complexity index is 2010. The molecule has 60 heavy (non-hydrogen) atoms. The van der Waals surface area contributed by atoms with Crippen molar-refractivity contribution in [1.82, 2.24) is 10.2 Å². The molecule has 3 aliphatic rings. The fraction of sp³-hybridized carbons (Fsp3) is 0.479. The van der Waals surface area contributed by atoms with Crippen LogP contribution in [-0.4, -0.2) is 84.4 Å². The Morgan fingerprint density at radius 3 is 2.53 bits per heavy atom. The number of fused-ring (bicyclic) bond motifs is 3. The van der Waals surface area contributed by atoms with E-state index in [-0.39, 0.29) is 57.1 Å². The quantitative estimate of drug-likeness (QED) is 0.0545. The first-order valence-electron chi connectivity index (χ1n) is 21.5. The van der Waals surface area contributed by atoms with E-state index in [0.29, 0.717) is 49.6 Å². The minimum absolute atomic E-state index is 0.00350. The molecule has 0 aromatic heterocycles. The number of carbonyl (C=O) groups is 2. The molecule has 3 aromatic carbocycles. The van der Waals surface area contributed by atoms with E-state index < -0.39 is 29.9 Å². The minimum atomic E-state index is -1.49. The van der Waals surface area contributed by atoms with Crippen molar-refractivity contribution in [2.45, 2.75) is 89.5 Å². The average Bonchev–Trinajstić information content (AvgIpc) is 3.25. The molecule has 1 aliphatic heterocycles. The number of nitrogens with one attached hydrogen (secondary N) is 1. The number of benzene rings is 3. The van der Waals surface area contributed by atoms with Crippen LogP contribution in [0.4, 0.5) is 9.59 Å². The van der Waals surface area contributed by atoms with Crippen molar-refractivity contribution in [1.29, 1.82) is 0 Å². The van der Waals surface area contributed by atoms with Gasteiger partial charge in [0.15, 0.2) is 0 Å². The molecule has 1 fully saturated rings. The van der Waals surface area contributed by atoms with Gasteiger partial charge in [0, 0.05) is 37.7 Å². The second kappa shape index (κ2) is 21.4. The smallest absolute Gasteiger partial charge is 0.412 e. The number of amides is 2. The van der Waals surface area contributed by atoms with E-state index in [1.807, 2.05) is 50.2 Å². The lowest BCUT2D eigenvalue weighted by Gasteiger charge is -2.59. The molecule has 2 aliphatic carbocycles. The maximum Gasteiger partial charge on any atom is 0.412 e. The number of hydrogen-bond acceptors (Lipinski definition) is 10. The third kappa shape index (κ3) is 9.72. The molecule has 12 nitrogen and oxygen atoms in total. The summed E-state index contributed by atoms with van der Waals surface area (Å²) in [6, 6.07) is 18.8. The Labute approximate surface area is 353 Å². The fourth-order valence-corrected chi connectivity index (χ4v) is 9.37. The highest BCUT2D eigenvalue weighted by atomic mass is 16.7. The largest absolute Gasteiger partial charge is 0.459 e. The first kappa shape index (κ1) is 44.4. The fourth-order valence-electron chi connectivity index (χ4n) is 9.37. The molecule has 2 amide bonds. The molecule has 0 saturated heterocycles. The number of rotatable bonds is 21. The van der Waals surface area contributed by atoms with Crippen LogP contribution in [0.25, 0.3) is 10.8 Å². The van der Waals surface area contributed by atoms with E-state index >= 15 is 0 Å². The Morgan fingerprint density at radius 2 is 1.78 bits per heavy atom. The molecule has 322 valence electrons. The van der Waals surface area contributed by atoms with E-state index in [1.54, 1.807) is 23.1 Å². The highest BCUT2D eigenvalue weighted by Gasteiger charge is 2.65. The van der Waals surface area contributed by atoms with E-state index in [0.717, 1.165) is 53.2 Å². The number of ether oxygens (including phenoxy) is 4. The van der Waals surface area contributed by atoms with Gasteiger partial charge in [-0.05, 0) is 97.9 Å². The maximum atomic E-state index is 14.8. The van der Waals surface area contributed by atoms with Crippen molar-refractivity contribution < 1.29 is 43.6 Å². The van der Waals surface area contributed by atoms with Gasteiger partial charge in [-0.3, -0.25) is 4.90 Å². The summed E-state index contributed by atoms with van der Waals surface area (Å²) in [6.07, 6.45) is 9.72. The monoisotopic (exact) mass is 823 g/mol. The molecule has 1 saturated carbocycles. The topological polar surface area (TPSA) is 148 Å². The van der Waals surface area contributed by atoms with Gasteiger partial charge in [-0.25, -0.2) is 9.59 Å². The molecule has 1 heterocycles. The molecular weight excluding hydrogens is 763 g/mol. The predicted octanol–water partition coefficient (Wildman–Crippen LogP) is 8.82. The first-order valence-corrected chi connectivity index (χ1v) is 21.5. The second-order valence-electron chi connectivity index (χ2n) is 15.6. The molecule has 0 unspecified atom stereocenters. The molecule has 6 atom stereocenters. The summed E-state index contributed by atoms with van der Waals surface area (Å²) in [6.45, 7) is 12.9. The number of unbranched alkanes of at least 4 members (excludes halogenated alkanes) is 2. The summed E-state index contributed by atoms with van der Waals surface area (Å²) < 4.78 is 26.2. The Balaban J connectivity index is 1.61. The number of nitrogens with zero attached hydrogens (tertiary/aromatic N) is 2. The van der Waals surface area contributed by atoms with Crippen LogP contribution in [-0.2, 0) is 20.9 Å². The van der Waals surface area contributed by atoms with E-state index in [2.05, 4.69) is 42.7 Å². The molecule has 3 N–H and O–H groups in total. The van der Waals surface area contributed by atoms with Crippen molar-refractivity contribution in [2.24, 2.45) is 22.9 Å². The van der Waals surface area contributed by atoms with Crippen molar-refractivity contribution in [2.75, 3.05) is 39.6 Å². The highest BCUT2D eigenvalue weighted by molar-refractivity contribution is 6.03. The minimum Gasteiger partial charge on any atom is -0.459 e. The second-order valence-corrected chi connectivity index (χ2v) is 15.6. The van der Waals surface area contributed by atoms with Crippen LogP contribution in [0.15, 0.2) is 103 Å². The van der Waals surface area contributed by atoms with E-state index in [9.17, 15) is 19.8 Å². The molecule has 0 spiro atoms. The predicted molar refractivity (Wildman–Crippen MR) is 232 cm³/mol. The van der Waals surface area contributed by atoms with Crippen LogP contribution < -0.4 is 14.8 Å². The zero-order chi connectivity index (χ0) is 42.5. The zero-order valence-corrected chi connectivity index (χ0v) is 35.1. The van der Waals surface area contributed by atoms with Crippen molar-refractivity contribution in [3.8, 4) is 11.5 Å². The van der Waals surface area contributed by atoms with E-state index in [4.69, 9.17) is 28.9 Å². The van der Waals surface area contributed by atoms with Crippen LogP contribution in [0.5, 0.6) is 11.5 Å². The summed E-state index contributed by atoms with van der Waals surface area (Å²) in [5.74, 6) is -1.36. The van der Waals surface area contributed by atoms with Crippen LogP contribution in [0.2, 0.25) is 0 Å². The number of allylic oxidation sites excluding steroid dienone is 1. The van der Waals surface area contributed by atoms with Crippen LogP contribution in [0.1, 0.15) is 82.3 Å². The number of oxime groups is 1. The maximum absolute atomic E-state index is 14.8. The van der Waals surface area contributed by atoms with Gasteiger partial charge in [-0.15, -0.1) is 13.2 Å². The van der Waals surface area contributed by atoms with Gasteiger partial charge in [0.25, 0.3) is 0 Å². The number of aliphatic hydroxyl groups is 2. The van der Waals surface area contributed by atoms with Crippen LogP contribution in [0.3, 0.4) is 0 Å². The lowest BCUT2D eigenvalue weighted by Crippen LogP contribution is -2.70. The van der Waals surface area contributed by atoms with Gasteiger partial charge >= 0.3 is 12.2 Å². The highest BCUT2D eigenvalue weighted by Crippen LogP contribution is 2.62. The SMILES string of the molecule is C=CCCOC(=O)N(Cc1cccc2ccccc12)[C@H]1CC(=NOCC)C2=C[C@H](CCCCO)[C@@H](CCCCO)[C@@H]3c4cc(OC(=O)NCC)ccc4O[C@@]1(OCC=C)[C@H]23. The summed E-state index contributed by atoms with van der Waals surface area (Å²) in [5, 5.41) is 29.3. The molecule has 3 aromatic rings. The van der Waals surface area contributed by atoms with Crippen LogP contribution in [0, 0.1) is 17.8 Å². The Kier molecular flexibility index (Phi) is 15.8. The van der Waals surface area contributed by atoms with E-state index in [1.165, 1.54) is 0 Å². The summed E-state index contributed by atoms with van der Waals surface area (Å²) in [7, 11) is 0. The molecule has 12 heteroatoms. The molecular formula is C48H61N3O9. The number of aliphatic hydroxyl groups excluding tert-OH is 2. The van der Waals surface area contributed by atoms with Gasteiger partial charge in [-0.1, -0.05) is 78.7 Å². The van der Waals surface area contributed by atoms with Gasteiger partial charge < -0.3 is 39.3 Å². The number of hydrogen-bond donors (Lipinski definition) is 3. The zero-order valence-electron chi connectivity index (χ0n) is 35.1.